The zero-order chi connectivity index (χ0) is 14.5. The largest absolute Gasteiger partial charge is 0.369 e. The lowest BCUT2D eigenvalue weighted by Crippen LogP contribution is -2.50. The Kier molecular flexibility index (Phi) is 5.40. The minimum atomic E-state index is -0.185. The van der Waals surface area contributed by atoms with E-state index in [1.54, 1.807) is 0 Å². The first-order chi connectivity index (χ1) is 9.56. The number of nitrogens with one attached hydrogen (secondary N) is 2. The van der Waals surface area contributed by atoms with Gasteiger partial charge in [0.15, 0.2) is 0 Å². The van der Waals surface area contributed by atoms with Crippen molar-refractivity contribution in [3.05, 3.63) is 0 Å². The molecule has 20 heavy (non-hydrogen) atoms. The average Bonchev–Trinajstić information content (AvgIpc) is 2.92. The standard InChI is InChI=1S/C15H27N3O2/c1-10(15(20)18-12-4-2-3-5-12)17-13-8-6-11(7-9-13)14(16)19/h10-13,17H,2-9H2,1H3,(H2,16,19)(H,18,20). The molecule has 2 rings (SSSR count). The van der Waals surface area contributed by atoms with Crippen molar-refractivity contribution in [3.8, 4) is 0 Å². The first-order valence-electron chi connectivity index (χ1n) is 7.92. The molecule has 1 atom stereocenters. The molecule has 1 unspecified atom stereocenters. The normalized spacial score (nSPS) is 29.1. The van der Waals surface area contributed by atoms with E-state index >= 15 is 0 Å². The van der Waals surface area contributed by atoms with Gasteiger partial charge in [0.1, 0.15) is 0 Å². The van der Waals surface area contributed by atoms with Gasteiger partial charge in [0.2, 0.25) is 11.8 Å². The molecule has 0 bridgehead atoms. The molecule has 114 valence electrons. The third kappa shape index (κ3) is 4.20. The molecule has 0 saturated heterocycles. The Hall–Kier alpha value is -1.10. The van der Waals surface area contributed by atoms with Gasteiger partial charge in [-0.25, -0.2) is 0 Å². The van der Waals surface area contributed by atoms with Gasteiger partial charge in [0.25, 0.3) is 0 Å². The number of nitrogens with two attached hydrogens (primary N) is 1. The number of hydrogen-bond donors (Lipinski definition) is 3. The van der Waals surface area contributed by atoms with Gasteiger partial charge in [-0.2, -0.15) is 0 Å². The highest BCUT2D eigenvalue weighted by molar-refractivity contribution is 5.81. The number of primary amides is 1. The third-order valence-electron chi connectivity index (χ3n) is 4.71. The molecule has 2 aliphatic carbocycles. The molecule has 0 radical (unpaired) electrons. The Bertz CT molecular complexity index is 345. The molecule has 4 N–H and O–H groups in total. The summed E-state index contributed by atoms with van der Waals surface area (Å²) in [5, 5.41) is 6.51. The lowest BCUT2D eigenvalue weighted by atomic mass is 9.85. The van der Waals surface area contributed by atoms with Gasteiger partial charge < -0.3 is 16.4 Å². The zero-order valence-electron chi connectivity index (χ0n) is 12.4. The van der Waals surface area contributed by atoms with Crippen LogP contribution < -0.4 is 16.4 Å². The Morgan fingerprint density at radius 2 is 1.60 bits per heavy atom. The minimum Gasteiger partial charge on any atom is -0.369 e. The Morgan fingerprint density at radius 1 is 1.00 bits per heavy atom. The summed E-state index contributed by atoms with van der Waals surface area (Å²) in [5.74, 6) is -0.0555. The van der Waals surface area contributed by atoms with Crippen molar-refractivity contribution in [2.24, 2.45) is 11.7 Å². The van der Waals surface area contributed by atoms with Crippen LogP contribution in [0.4, 0.5) is 0 Å². The van der Waals surface area contributed by atoms with E-state index in [1.165, 1.54) is 12.8 Å². The van der Waals surface area contributed by atoms with Crippen molar-refractivity contribution in [3.63, 3.8) is 0 Å². The maximum Gasteiger partial charge on any atom is 0.237 e. The second-order valence-electron chi connectivity index (χ2n) is 6.33. The van der Waals surface area contributed by atoms with Gasteiger partial charge in [0.05, 0.1) is 6.04 Å². The Balaban J connectivity index is 1.70. The van der Waals surface area contributed by atoms with Crippen LogP contribution in [0.25, 0.3) is 0 Å². The fourth-order valence-electron chi connectivity index (χ4n) is 3.37. The van der Waals surface area contributed by atoms with Crippen LogP contribution in [-0.4, -0.2) is 29.9 Å². The van der Waals surface area contributed by atoms with Crippen LogP contribution in [0, 0.1) is 5.92 Å². The van der Waals surface area contributed by atoms with Crippen LogP contribution in [0.2, 0.25) is 0 Å². The number of hydrogen-bond acceptors (Lipinski definition) is 3. The number of carbonyl (C=O) groups excluding carboxylic acids is 2. The quantitative estimate of drug-likeness (QED) is 0.704. The number of amides is 2. The molecular weight excluding hydrogens is 254 g/mol. The molecule has 2 fully saturated rings. The van der Waals surface area contributed by atoms with Crippen LogP contribution in [0.3, 0.4) is 0 Å². The molecule has 2 amide bonds. The summed E-state index contributed by atoms with van der Waals surface area (Å²) in [5.41, 5.74) is 5.33. The van der Waals surface area contributed by atoms with Crippen molar-refractivity contribution < 1.29 is 9.59 Å². The van der Waals surface area contributed by atoms with Gasteiger partial charge >= 0.3 is 0 Å². The van der Waals surface area contributed by atoms with E-state index in [1.807, 2.05) is 6.92 Å². The number of rotatable bonds is 5. The number of carbonyl (C=O) groups is 2. The lowest BCUT2D eigenvalue weighted by Gasteiger charge is -2.30. The summed E-state index contributed by atoms with van der Waals surface area (Å²) < 4.78 is 0. The van der Waals surface area contributed by atoms with Crippen LogP contribution in [-0.2, 0) is 9.59 Å². The predicted molar refractivity (Wildman–Crippen MR) is 77.9 cm³/mol. The van der Waals surface area contributed by atoms with Crippen molar-refractivity contribution in [2.45, 2.75) is 76.4 Å². The molecule has 0 aromatic carbocycles. The second kappa shape index (κ2) is 7.07. The fraction of sp³-hybridized carbons (Fsp3) is 0.867. The monoisotopic (exact) mass is 281 g/mol. The van der Waals surface area contributed by atoms with E-state index in [0.29, 0.717) is 12.1 Å². The SMILES string of the molecule is CC(NC1CCC(C(N)=O)CC1)C(=O)NC1CCCC1. The van der Waals surface area contributed by atoms with Crippen LogP contribution in [0.5, 0.6) is 0 Å². The summed E-state index contributed by atoms with van der Waals surface area (Å²) in [6.45, 7) is 1.92. The average molecular weight is 281 g/mol. The summed E-state index contributed by atoms with van der Waals surface area (Å²) in [6.07, 6.45) is 8.20. The third-order valence-corrected chi connectivity index (χ3v) is 4.71. The summed E-state index contributed by atoms with van der Waals surface area (Å²) in [7, 11) is 0. The van der Waals surface area contributed by atoms with Crippen molar-refractivity contribution in [1.82, 2.24) is 10.6 Å². The maximum absolute atomic E-state index is 12.1. The van der Waals surface area contributed by atoms with E-state index in [2.05, 4.69) is 10.6 Å². The van der Waals surface area contributed by atoms with Gasteiger partial charge in [-0.05, 0) is 45.4 Å². The minimum absolute atomic E-state index is 0.0238. The molecule has 0 spiro atoms. The Morgan fingerprint density at radius 3 is 2.15 bits per heavy atom. The van der Waals surface area contributed by atoms with E-state index in [4.69, 9.17) is 5.73 Å². The van der Waals surface area contributed by atoms with Crippen molar-refractivity contribution >= 4 is 11.8 Å². The molecule has 0 aromatic heterocycles. The summed E-state index contributed by atoms with van der Waals surface area (Å²) in [4.78, 5) is 23.2. The molecule has 2 saturated carbocycles. The smallest absolute Gasteiger partial charge is 0.237 e. The summed E-state index contributed by atoms with van der Waals surface area (Å²) in [6, 6.07) is 0.540. The van der Waals surface area contributed by atoms with Gasteiger partial charge in [-0.1, -0.05) is 12.8 Å². The lowest BCUT2D eigenvalue weighted by molar-refractivity contribution is -0.125. The predicted octanol–water partition coefficient (Wildman–Crippen LogP) is 1.07. The zero-order valence-corrected chi connectivity index (χ0v) is 12.4. The summed E-state index contributed by atoms with van der Waals surface area (Å²) >= 11 is 0. The first kappa shape index (κ1) is 15.3. The molecule has 5 nitrogen and oxygen atoms in total. The maximum atomic E-state index is 12.1. The fourth-order valence-corrected chi connectivity index (χ4v) is 3.37. The van der Waals surface area contributed by atoms with Crippen molar-refractivity contribution in [1.29, 1.82) is 0 Å². The van der Waals surface area contributed by atoms with Gasteiger partial charge in [-0.3, -0.25) is 9.59 Å². The van der Waals surface area contributed by atoms with E-state index in [9.17, 15) is 9.59 Å². The van der Waals surface area contributed by atoms with Crippen molar-refractivity contribution in [2.75, 3.05) is 0 Å². The molecule has 0 aliphatic heterocycles. The molecular formula is C15H27N3O2. The van der Waals surface area contributed by atoms with E-state index in [-0.39, 0.29) is 23.8 Å². The topological polar surface area (TPSA) is 84.2 Å². The van der Waals surface area contributed by atoms with Crippen LogP contribution in [0.1, 0.15) is 58.3 Å². The first-order valence-corrected chi connectivity index (χ1v) is 7.92. The molecule has 5 heteroatoms. The van der Waals surface area contributed by atoms with E-state index in [0.717, 1.165) is 38.5 Å². The second-order valence-corrected chi connectivity index (χ2v) is 6.33. The molecule has 0 aromatic rings. The van der Waals surface area contributed by atoms with Crippen LogP contribution in [0.15, 0.2) is 0 Å². The Labute approximate surface area is 121 Å². The van der Waals surface area contributed by atoms with Gasteiger partial charge in [-0.15, -0.1) is 0 Å². The highest BCUT2D eigenvalue weighted by Crippen LogP contribution is 2.24. The molecule has 2 aliphatic rings. The highest BCUT2D eigenvalue weighted by atomic mass is 16.2. The molecule has 0 heterocycles. The van der Waals surface area contributed by atoms with E-state index < -0.39 is 0 Å². The highest BCUT2D eigenvalue weighted by Gasteiger charge is 2.27. The van der Waals surface area contributed by atoms with Gasteiger partial charge in [0, 0.05) is 18.0 Å². The van der Waals surface area contributed by atoms with Crippen LogP contribution >= 0.6 is 0 Å².